The Hall–Kier alpha value is -2.28. The minimum atomic E-state index is -0.537. The normalized spacial score (nSPS) is 20.4. The molecule has 1 heterocycles. The van der Waals surface area contributed by atoms with Gasteiger partial charge in [0.05, 0.1) is 0 Å². The molecule has 1 aromatic carbocycles. The summed E-state index contributed by atoms with van der Waals surface area (Å²) in [5.41, 5.74) is 0.398. The summed E-state index contributed by atoms with van der Waals surface area (Å²) in [4.78, 5) is 23.8. The first kappa shape index (κ1) is 19.1. The smallest absolute Gasteiger partial charge is 0.407 e. The van der Waals surface area contributed by atoms with E-state index in [0.29, 0.717) is 19.5 Å². The predicted octanol–water partition coefficient (Wildman–Crippen LogP) is 2.17. The van der Waals surface area contributed by atoms with E-state index in [1.807, 2.05) is 51.1 Å². The minimum Gasteiger partial charge on any atom is -0.445 e. The van der Waals surface area contributed by atoms with Crippen LogP contribution in [0, 0.1) is 0 Å². The predicted molar refractivity (Wildman–Crippen MR) is 94.2 cm³/mol. The van der Waals surface area contributed by atoms with Gasteiger partial charge in [-0.2, -0.15) is 0 Å². The maximum absolute atomic E-state index is 11.9. The summed E-state index contributed by atoms with van der Waals surface area (Å²) >= 11 is 0. The molecule has 1 aromatic rings. The van der Waals surface area contributed by atoms with Crippen LogP contribution in [0.25, 0.3) is 0 Å². The summed E-state index contributed by atoms with van der Waals surface area (Å²) in [6, 6.07) is 9.28. The van der Waals surface area contributed by atoms with Crippen molar-refractivity contribution in [2.45, 2.75) is 51.5 Å². The lowest BCUT2D eigenvalue weighted by atomic mass is 10.0. The van der Waals surface area contributed by atoms with Crippen LogP contribution < -0.4 is 16.0 Å². The standard InChI is InChI=1S/C18H27N3O4/c1-18(2,3)25-17(23)21-15-9-14(10-19-11-15)20-16(22)24-12-13-7-5-4-6-8-13/h4-8,14-15,19H,9-12H2,1-3H3,(H,20,22)(H,21,23)/t14-,15+/m0/s1. The molecule has 1 aliphatic rings. The minimum absolute atomic E-state index is 0.108. The Bertz CT molecular complexity index is 571. The summed E-state index contributed by atoms with van der Waals surface area (Å²) in [5, 5.41) is 8.84. The van der Waals surface area contributed by atoms with Gasteiger partial charge >= 0.3 is 12.2 Å². The Morgan fingerprint density at radius 1 is 1.08 bits per heavy atom. The van der Waals surface area contributed by atoms with Gasteiger partial charge in [0, 0.05) is 25.2 Å². The lowest BCUT2D eigenvalue weighted by Crippen LogP contribution is -2.56. The second-order valence-electron chi connectivity index (χ2n) is 7.14. The first-order chi connectivity index (χ1) is 11.8. The Kier molecular flexibility index (Phi) is 6.64. The Balaban J connectivity index is 1.73. The van der Waals surface area contributed by atoms with Crippen LogP contribution in [0.4, 0.5) is 9.59 Å². The number of carbonyl (C=O) groups is 2. The van der Waals surface area contributed by atoms with Crippen LogP contribution in [0.2, 0.25) is 0 Å². The zero-order valence-corrected chi connectivity index (χ0v) is 15.0. The van der Waals surface area contributed by atoms with Crippen LogP contribution in [0.5, 0.6) is 0 Å². The van der Waals surface area contributed by atoms with Crippen molar-refractivity contribution < 1.29 is 19.1 Å². The van der Waals surface area contributed by atoms with Gasteiger partial charge in [-0.3, -0.25) is 0 Å². The van der Waals surface area contributed by atoms with E-state index in [0.717, 1.165) is 5.56 Å². The van der Waals surface area contributed by atoms with Gasteiger partial charge in [0.15, 0.2) is 0 Å². The van der Waals surface area contributed by atoms with Crippen molar-refractivity contribution in [3.63, 3.8) is 0 Å². The van der Waals surface area contributed by atoms with Gasteiger partial charge in [-0.25, -0.2) is 9.59 Å². The zero-order valence-electron chi connectivity index (χ0n) is 15.0. The highest BCUT2D eigenvalue weighted by Crippen LogP contribution is 2.09. The first-order valence-electron chi connectivity index (χ1n) is 8.49. The fourth-order valence-electron chi connectivity index (χ4n) is 2.57. The van der Waals surface area contributed by atoms with Crippen LogP contribution in [0.3, 0.4) is 0 Å². The highest BCUT2D eigenvalue weighted by Gasteiger charge is 2.26. The Morgan fingerprint density at radius 2 is 1.68 bits per heavy atom. The highest BCUT2D eigenvalue weighted by atomic mass is 16.6. The lowest BCUT2D eigenvalue weighted by Gasteiger charge is -2.31. The molecule has 25 heavy (non-hydrogen) atoms. The van der Waals surface area contributed by atoms with Gasteiger partial charge in [0.25, 0.3) is 0 Å². The fourth-order valence-corrected chi connectivity index (χ4v) is 2.57. The molecule has 1 fully saturated rings. The molecule has 2 amide bonds. The van der Waals surface area contributed by atoms with Crippen molar-refractivity contribution in [1.29, 1.82) is 0 Å². The lowest BCUT2D eigenvalue weighted by molar-refractivity contribution is 0.0493. The van der Waals surface area contributed by atoms with E-state index in [-0.39, 0.29) is 18.7 Å². The van der Waals surface area contributed by atoms with Crippen molar-refractivity contribution in [3.05, 3.63) is 35.9 Å². The number of nitrogens with one attached hydrogen (secondary N) is 3. The number of hydrogen-bond acceptors (Lipinski definition) is 5. The molecule has 0 unspecified atom stereocenters. The largest absolute Gasteiger partial charge is 0.445 e. The summed E-state index contributed by atoms with van der Waals surface area (Å²) in [6.45, 7) is 6.95. The SMILES string of the molecule is CC(C)(C)OC(=O)N[C@H]1CNC[C@@H](NC(=O)OCc2ccccc2)C1. The van der Waals surface area contributed by atoms with Crippen molar-refractivity contribution in [2.75, 3.05) is 13.1 Å². The number of ether oxygens (including phenoxy) is 2. The quantitative estimate of drug-likeness (QED) is 0.775. The average Bonchev–Trinajstić information content (AvgIpc) is 2.52. The van der Waals surface area contributed by atoms with Gasteiger partial charge in [0.1, 0.15) is 12.2 Å². The summed E-state index contributed by atoms with van der Waals surface area (Å²) in [7, 11) is 0. The maximum Gasteiger partial charge on any atom is 0.407 e. The summed E-state index contributed by atoms with van der Waals surface area (Å²) < 4.78 is 10.5. The monoisotopic (exact) mass is 349 g/mol. The van der Waals surface area contributed by atoms with E-state index in [2.05, 4.69) is 16.0 Å². The zero-order chi connectivity index (χ0) is 18.3. The summed E-state index contributed by atoms with van der Waals surface area (Å²) in [6.07, 6.45) is -0.299. The van der Waals surface area contributed by atoms with Crippen LogP contribution in [-0.4, -0.2) is 43.0 Å². The molecule has 7 nitrogen and oxygen atoms in total. The molecule has 2 atom stereocenters. The Morgan fingerprint density at radius 3 is 2.28 bits per heavy atom. The van der Waals surface area contributed by atoms with Crippen molar-refractivity contribution >= 4 is 12.2 Å². The van der Waals surface area contributed by atoms with Crippen molar-refractivity contribution in [1.82, 2.24) is 16.0 Å². The topological polar surface area (TPSA) is 88.7 Å². The molecular weight excluding hydrogens is 322 g/mol. The third-order valence-electron chi connectivity index (χ3n) is 3.61. The van der Waals surface area contributed by atoms with Gasteiger partial charge in [0.2, 0.25) is 0 Å². The maximum atomic E-state index is 11.9. The number of amides is 2. The molecule has 0 bridgehead atoms. The molecule has 0 saturated carbocycles. The number of benzene rings is 1. The molecule has 0 aliphatic carbocycles. The number of piperidine rings is 1. The number of rotatable bonds is 4. The molecule has 7 heteroatoms. The number of alkyl carbamates (subject to hydrolysis) is 2. The highest BCUT2D eigenvalue weighted by molar-refractivity contribution is 5.69. The number of hydrogen-bond donors (Lipinski definition) is 3. The van der Waals surface area contributed by atoms with Crippen LogP contribution in [0.15, 0.2) is 30.3 Å². The van der Waals surface area contributed by atoms with Crippen molar-refractivity contribution in [2.24, 2.45) is 0 Å². The van der Waals surface area contributed by atoms with E-state index < -0.39 is 17.8 Å². The molecule has 0 aromatic heterocycles. The van der Waals surface area contributed by atoms with Crippen LogP contribution in [-0.2, 0) is 16.1 Å². The average molecular weight is 349 g/mol. The van der Waals surface area contributed by atoms with E-state index in [1.165, 1.54) is 0 Å². The summed E-state index contributed by atoms with van der Waals surface area (Å²) in [5.74, 6) is 0. The molecule has 1 saturated heterocycles. The van der Waals surface area contributed by atoms with Crippen LogP contribution in [0.1, 0.15) is 32.8 Å². The van der Waals surface area contributed by atoms with Gasteiger partial charge in [-0.1, -0.05) is 30.3 Å². The van der Waals surface area contributed by atoms with Gasteiger partial charge < -0.3 is 25.4 Å². The van der Waals surface area contributed by atoms with E-state index in [9.17, 15) is 9.59 Å². The molecule has 1 aliphatic heterocycles. The van der Waals surface area contributed by atoms with E-state index in [1.54, 1.807) is 0 Å². The second-order valence-corrected chi connectivity index (χ2v) is 7.14. The molecule has 138 valence electrons. The second kappa shape index (κ2) is 8.71. The Labute approximate surface area is 148 Å². The third-order valence-corrected chi connectivity index (χ3v) is 3.61. The van der Waals surface area contributed by atoms with E-state index >= 15 is 0 Å². The van der Waals surface area contributed by atoms with Gasteiger partial charge in [-0.15, -0.1) is 0 Å². The van der Waals surface area contributed by atoms with Crippen LogP contribution >= 0.6 is 0 Å². The van der Waals surface area contributed by atoms with Crippen molar-refractivity contribution in [3.8, 4) is 0 Å². The van der Waals surface area contributed by atoms with E-state index in [4.69, 9.17) is 9.47 Å². The molecule has 0 radical (unpaired) electrons. The fraction of sp³-hybridized carbons (Fsp3) is 0.556. The third kappa shape index (κ3) is 7.43. The molecule has 3 N–H and O–H groups in total. The van der Waals surface area contributed by atoms with Gasteiger partial charge in [-0.05, 0) is 32.8 Å². The number of carbonyl (C=O) groups excluding carboxylic acids is 2. The molecular formula is C18H27N3O4. The first-order valence-corrected chi connectivity index (χ1v) is 8.49. The molecule has 2 rings (SSSR count). The molecule has 0 spiro atoms.